The largest absolute Gasteiger partial charge is 0.389 e. The van der Waals surface area contributed by atoms with Gasteiger partial charge in [0.15, 0.2) is 0 Å². The smallest absolute Gasteiger partial charge is 0.0899 e. The number of likely N-dealkylation sites (N-methyl/N-ethyl adjacent to an activating group) is 2. The van der Waals surface area contributed by atoms with Crippen LogP contribution in [0.3, 0.4) is 0 Å². The molecule has 21 heavy (non-hydrogen) atoms. The highest BCUT2D eigenvalue weighted by atomic mass is 16.5. The van der Waals surface area contributed by atoms with Crippen molar-refractivity contribution in [2.24, 2.45) is 0 Å². The molecule has 0 aromatic carbocycles. The first-order valence-corrected chi connectivity index (χ1v) is 7.96. The van der Waals surface area contributed by atoms with Gasteiger partial charge in [-0.05, 0) is 21.1 Å². The number of methoxy groups -OCH3 is 1. The molecule has 1 atom stereocenters. The minimum Gasteiger partial charge on any atom is -0.389 e. The van der Waals surface area contributed by atoms with Crippen LogP contribution < -0.4 is 0 Å². The standard InChI is InChI=1S/C15H34N4O2/c1-16(2)5-7-18-9-11-19(12-10-18)8-6-17(3)13-15(20)14-21-4/h15,20H,5-14H2,1-4H3. The third-order valence-electron chi connectivity index (χ3n) is 4.01. The van der Waals surface area contributed by atoms with Gasteiger partial charge in [0.2, 0.25) is 0 Å². The van der Waals surface area contributed by atoms with E-state index in [2.05, 4.69) is 40.7 Å². The molecule has 0 aromatic heterocycles. The van der Waals surface area contributed by atoms with Gasteiger partial charge in [-0.25, -0.2) is 0 Å². The summed E-state index contributed by atoms with van der Waals surface area (Å²) < 4.78 is 4.95. The summed E-state index contributed by atoms with van der Waals surface area (Å²) in [5, 5.41) is 9.70. The zero-order valence-corrected chi connectivity index (χ0v) is 14.3. The van der Waals surface area contributed by atoms with Crippen molar-refractivity contribution in [3.05, 3.63) is 0 Å². The van der Waals surface area contributed by atoms with Gasteiger partial charge < -0.3 is 19.6 Å². The lowest BCUT2D eigenvalue weighted by Gasteiger charge is -2.36. The molecule has 6 nitrogen and oxygen atoms in total. The molecule has 1 saturated heterocycles. The van der Waals surface area contributed by atoms with Crippen molar-refractivity contribution in [1.29, 1.82) is 0 Å². The van der Waals surface area contributed by atoms with Crippen molar-refractivity contribution in [2.75, 3.05) is 93.8 Å². The minimum absolute atomic E-state index is 0.386. The van der Waals surface area contributed by atoms with Crippen LogP contribution in [-0.2, 0) is 4.74 Å². The van der Waals surface area contributed by atoms with E-state index in [1.54, 1.807) is 7.11 Å². The van der Waals surface area contributed by atoms with Crippen molar-refractivity contribution >= 4 is 0 Å². The lowest BCUT2D eigenvalue weighted by molar-refractivity contribution is 0.0396. The fraction of sp³-hybridized carbons (Fsp3) is 1.00. The van der Waals surface area contributed by atoms with Crippen LogP contribution in [0.15, 0.2) is 0 Å². The molecule has 0 amide bonds. The van der Waals surface area contributed by atoms with Gasteiger partial charge in [-0.2, -0.15) is 0 Å². The number of hydrogen-bond donors (Lipinski definition) is 1. The van der Waals surface area contributed by atoms with Gasteiger partial charge in [0.05, 0.1) is 12.7 Å². The summed E-state index contributed by atoms with van der Waals surface area (Å²) >= 11 is 0. The molecular formula is C15H34N4O2. The molecule has 0 saturated carbocycles. The Morgan fingerprint density at radius 1 is 1.00 bits per heavy atom. The van der Waals surface area contributed by atoms with Crippen LogP contribution in [-0.4, -0.2) is 125 Å². The predicted molar refractivity (Wildman–Crippen MR) is 86.8 cm³/mol. The first-order valence-electron chi connectivity index (χ1n) is 7.96. The quantitative estimate of drug-likeness (QED) is 0.564. The number of rotatable bonds is 10. The maximum atomic E-state index is 9.70. The molecule has 0 spiro atoms. The highest BCUT2D eigenvalue weighted by Crippen LogP contribution is 2.02. The van der Waals surface area contributed by atoms with E-state index in [-0.39, 0.29) is 6.10 Å². The van der Waals surface area contributed by atoms with E-state index in [1.807, 2.05) is 0 Å². The van der Waals surface area contributed by atoms with Crippen LogP contribution in [0.4, 0.5) is 0 Å². The second-order valence-electron chi connectivity index (χ2n) is 6.36. The van der Waals surface area contributed by atoms with E-state index in [0.29, 0.717) is 13.2 Å². The zero-order chi connectivity index (χ0) is 15.7. The van der Waals surface area contributed by atoms with Crippen molar-refractivity contribution in [3.63, 3.8) is 0 Å². The van der Waals surface area contributed by atoms with Gasteiger partial charge >= 0.3 is 0 Å². The average Bonchev–Trinajstić information content (AvgIpc) is 2.44. The number of hydrogen-bond acceptors (Lipinski definition) is 6. The summed E-state index contributed by atoms with van der Waals surface area (Å²) in [6.07, 6.45) is -0.386. The molecule has 0 aromatic rings. The highest BCUT2D eigenvalue weighted by Gasteiger charge is 2.17. The summed E-state index contributed by atoms with van der Waals surface area (Å²) in [6.45, 7) is 10.1. The van der Waals surface area contributed by atoms with Crippen LogP contribution >= 0.6 is 0 Å². The molecule has 1 aliphatic heterocycles. The predicted octanol–water partition coefficient (Wildman–Crippen LogP) is -0.895. The van der Waals surface area contributed by atoms with Gasteiger partial charge in [0, 0.05) is 66.0 Å². The molecule has 1 heterocycles. The molecule has 1 aliphatic rings. The maximum absolute atomic E-state index is 9.70. The van der Waals surface area contributed by atoms with Gasteiger partial charge in [-0.1, -0.05) is 0 Å². The Kier molecular flexibility index (Phi) is 9.39. The minimum atomic E-state index is -0.386. The van der Waals surface area contributed by atoms with Crippen LogP contribution in [0.1, 0.15) is 0 Å². The Bertz CT molecular complexity index is 258. The van der Waals surface area contributed by atoms with Crippen LogP contribution in [0.5, 0.6) is 0 Å². The molecule has 1 unspecified atom stereocenters. The van der Waals surface area contributed by atoms with Gasteiger partial charge in [-0.15, -0.1) is 0 Å². The lowest BCUT2D eigenvalue weighted by Crippen LogP contribution is -2.49. The normalized spacial score (nSPS) is 19.6. The first-order chi connectivity index (χ1) is 10.0. The van der Waals surface area contributed by atoms with Crippen LogP contribution in [0.2, 0.25) is 0 Å². The molecule has 0 bridgehead atoms. The summed E-state index contributed by atoms with van der Waals surface area (Å²) in [4.78, 5) is 9.49. The molecule has 0 radical (unpaired) electrons. The van der Waals surface area contributed by atoms with E-state index in [0.717, 1.165) is 32.7 Å². The Labute approximate surface area is 130 Å². The van der Waals surface area contributed by atoms with E-state index in [1.165, 1.54) is 19.6 Å². The van der Waals surface area contributed by atoms with E-state index in [4.69, 9.17) is 4.74 Å². The van der Waals surface area contributed by atoms with Crippen molar-refractivity contribution in [2.45, 2.75) is 6.10 Å². The van der Waals surface area contributed by atoms with E-state index < -0.39 is 0 Å². The highest BCUT2D eigenvalue weighted by molar-refractivity contribution is 4.73. The van der Waals surface area contributed by atoms with Crippen molar-refractivity contribution in [3.8, 4) is 0 Å². The van der Waals surface area contributed by atoms with Crippen LogP contribution in [0.25, 0.3) is 0 Å². The number of aliphatic hydroxyl groups is 1. The zero-order valence-electron chi connectivity index (χ0n) is 14.3. The summed E-state index contributed by atoms with van der Waals surface area (Å²) in [6, 6.07) is 0. The third kappa shape index (κ3) is 8.70. The number of nitrogens with zero attached hydrogens (tertiary/aromatic N) is 4. The van der Waals surface area contributed by atoms with Crippen LogP contribution in [0, 0.1) is 0 Å². The molecule has 126 valence electrons. The Balaban J connectivity index is 2.09. The number of ether oxygens (including phenoxy) is 1. The number of aliphatic hydroxyl groups excluding tert-OH is 1. The first kappa shape index (κ1) is 18.8. The van der Waals surface area contributed by atoms with Crippen molar-refractivity contribution in [1.82, 2.24) is 19.6 Å². The molecular weight excluding hydrogens is 268 g/mol. The molecule has 0 aliphatic carbocycles. The lowest BCUT2D eigenvalue weighted by atomic mass is 10.3. The van der Waals surface area contributed by atoms with Gasteiger partial charge in [0.25, 0.3) is 0 Å². The number of piperazine rings is 1. The molecule has 1 fully saturated rings. The molecule has 1 N–H and O–H groups in total. The third-order valence-corrected chi connectivity index (χ3v) is 4.01. The SMILES string of the molecule is COCC(O)CN(C)CCN1CCN(CCN(C)C)CC1. The second kappa shape index (κ2) is 10.5. The van der Waals surface area contributed by atoms with Gasteiger partial charge in [-0.3, -0.25) is 9.80 Å². The molecule has 6 heteroatoms. The second-order valence-corrected chi connectivity index (χ2v) is 6.36. The van der Waals surface area contributed by atoms with Gasteiger partial charge in [0.1, 0.15) is 0 Å². The Hall–Kier alpha value is -0.240. The summed E-state index contributed by atoms with van der Waals surface area (Å²) in [5.74, 6) is 0. The Morgan fingerprint density at radius 3 is 2.00 bits per heavy atom. The van der Waals surface area contributed by atoms with E-state index >= 15 is 0 Å². The summed E-state index contributed by atoms with van der Waals surface area (Å²) in [7, 11) is 7.94. The van der Waals surface area contributed by atoms with E-state index in [9.17, 15) is 5.11 Å². The van der Waals surface area contributed by atoms with Crippen molar-refractivity contribution < 1.29 is 9.84 Å². The average molecular weight is 302 g/mol. The fourth-order valence-electron chi connectivity index (χ4n) is 2.59. The monoisotopic (exact) mass is 302 g/mol. The Morgan fingerprint density at radius 2 is 1.52 bits per heavy atom. The topological polar surface area (TPSA) is 42.4 Å². The fourth-order valence-corrected chi connectivity index (χ4v) is 2.59. The molecule has 1 rings (SSSR count). The summed E-state index contributed by atoms with van der Waals surface area (Å²) in [5.41, 5.74) is 0. The maximum Gasteiger partial charge on any atom is 0.0899 e.